The van der Waals surface area contributed by atoms with Gasteiger partial charge in [0.1, 0.15) is 18.4 Å². The molecule has 0 N–H and O–H groups in total. The zero-order valence-corrected chi connectivity index (χ0v) is 19.7. The Morgan fingerprint density at radius 1 is 0.943 bits per heavy atom. The van der Waals surface area contributed by atoms with Crippen molar-refractivity contribution in [2.24, 2.45) is 0 Å². The fourth-order valence-corrected chi connectivity index (χ4v) is 5.03. The molecular weight excluding hydrogens is 441 g/mol. The van der Waals surface area contributed by atoms with Gasteiger partial charge in [-0.15, -0.1) is 0 Å². The van der Waals surface area contributed by atoms with Crippen molar-refractivity contribution in [1.29, 1.82) is 0 Å². The molecule has 2 amide bonds. The Kier molecular flexibility index (Phi) is 6.36. The van der Waals surface area contributed by atoms with E-state index in [-0.39, 0.29) is 24.2 Å². The lowest BCUT2D eigenvalue weighted by molar-refractivity contribution is -0.134. The highest BCUT2D eigenvalue weighted by Crippen LogP contribution is 2.34. The molecule has 0 fully saturated rings. The summed E-state index contributed by atoms with van der Waals surface area (Å²) in [7, 11) is 0. The number of nitrogens with zero attached hydrogens (tertiary/aromatic N) is 3. The number of carbonyl (C=O) groups excluding carboxylic acids is 2. The van der Waals surface area contributed by atoms with Crippen molar-refractivity contribution in [2.45, 2.75) is 25.9 Å². The van der Waals surface area contributed by atoms with E-state index in [1.54, 1.807) is 28.0 Å². The lowest BCUT2D eigenvalue weighted by Gasteiger charge is -2.38. The maximum absolute atomic E-state index is 14.9. The third-order valence-corrected chi connectivity index (χ3v) is 6.69. The normalized spacial score (nSPS) is 15.1. The van der Waals surface area contributed by atoms with Gasteiger partial charge in [0.05, 0.1) is 0 Å². The Morgan fingerprint density at radius 2 is 1.71 bits per heavy atom. The molecule has 1 aliphatic rings. The topological polar surface area (TPSA) is 45.6 Å². The van der Waals surface area contributed by atoms with E-state index in [0.717, 1.165) is 22.9 Å². The van der Waals surface area contributed by atoms with Crippen LogP contribution in [-0.4, -0.2) is 45.8 Å². The molecule has 3 aromatic carbocycles. The summed E-state index contributed by atoms with van der Waals surface area (Å²) in [5.41, 5.74) is 1.92. The summed E-state index contributed by atoms with van der Waals surface area (Å²) in [4.78, 5) is 30.7. The zero-order chi connectivity index (χ0) is 24.4. The third kappa shape index (κ3) is 4.32. The van der Waals surface area contributed by atoms with E-state index in [9.17, 15) is 14.0 Å². The first kappa shape index (κ1) is 22.8. The van der Waals surface area contributed by atoms with Gasteiger partial charge in [-0.2, -0.15) is 0 Å². The number of halogens is 1. The van der Waals surface area contributed by atoms with Gasteiger partial charge < -0.3 is 14.4 Å². The van der Waals surface area contributed by atoms with Crippen LogP contribution in [0.5, 0.6) is 0 Å². The maximum atomic E-state index is 14.9. The highest BCUT2D eigenvalue weighted by molar-refractivity contribution is 6.07. The summed E-state index contributed by atoms with van der Waals surface area (Å²) in [6.07, 6.45) is 2.68. The quantitative estimate of drug-likeness (QED) is 0.387. The SMILES string of the molecule is CCCN(CC(=O)N1CCn2cccc2C1c1ccccc1F)C(=O)c1cccc2ccccc12. The van der Waals surface area contributed by atoms with Crippen LogP contribution < -0.4 is 0 Å². The number of benzene rings is 3. The van der Waals surface area contributed by atoms with Gasteiger partial charge in [-0.25, -0.2) is 4.39 Å². The van der Waals surface area contributed by atoms with Gasteiger partial charge in [0.15, 0.2) is 0 Å². The molecule has 0 saturated carbocycles. The van der Waals surface area contributed by atoms with Crippen molar-refractivity contribution in [1.82, 2.24) is 14.4 Å². The summed E-state index contributed by atoms with van der Waals surface area (Å²) in [5, 5.41) is 1.85. The first-order chi connectivity index (χ1) is 17.1. The Labute approximate surface area is 204 Å². The molecule has 0 aliphatic carbocycles. The Balaban J connectivity index is 1.46. The van der Waals surface area contributed by atoms with Crippen molar-refractivity contribution < 1.29 is 14.0 Å². The molecule has 1 aliphatic heterocycles. The molecule has 2 heterocycles. The van der Waals surface area contributed by atoms with Gasteiger partial charge in [0, 0.05) is 42.7 Å². The summed E-state index contributed by atoms with van der Waals surface area (Å²) in [6, 6.07) is 23.3. The molecule has 178 valence electrons. The van der Waals surface area contributed by atoms with Gasteiger partial charge in [-0.1, -0.05) is 61.5 Å². The lowest BCUT2D eigenvalue weighted by atomic mass is 9.99. The summed E-state index contributed by atoms with van der Waals surface area (Å²) in [6.45, 7) is 3.47. The van der Waals surface area contributed by atoms with E-state index < -0.39 is 6.04 Å². The minimum absolute atomic E-state index is 0.0540. The predicted molar refractivity (Wildman–Crippen MR) is 135 cm³/mol. The van der Waals surface area contributed by atoms with Crippen LogP contribution in [-0.2, 0) is 11.3 Å². The summed E-state index contributed by atoms with van der Waals surface area (Å²) in [5.74, 6) is -0.699. The first-order valence-corrected chi connectivity index (χ1v) is 12.0. The van der Waals surface area contributed by atoms with Crippen LogP contribution in [0.1, 0.15) is 41.0 Å². The predicted octanol–water partition coefficient (Wildman–Crippen LogP) is 5.26. The van der Waals surface area contributed by atoms with Crippen molar-refractivity contribution in [3.8, 4) is 0 Å². The Hall–Kier alpha value is -3.93. The molecule has 0 radical (unpaired) electrons. The lowest BCUT2D eigenvalue weighted by Crippen LogP contribution is -2.48. The largest absolute Gasteiger partial charge is 0.348 e. The van der Waals surface area contributed by atoms with Crippen LogP contribution in [0.15, 0.2) is 85.1 Å². The zero-order valence-electron chi connectivity index (χ0n) is 19.7. The van der Waals surface area contributed by atoms with Crippen LogP contribution in [0.25, 0.3) is 10.8 Å². The van der Waals surface area contributed by atoms with Crippen LogP contribution in [0, 0.1) is 5.82 Å². The molecule has 6 heteroatoms. The second-order valence-corrected chi connectivity index (χ2v) is 8.89. The second-order valence-electron chi connectivity index (χ2n) is 8.89. The average molecular weight is 470 g/mol. The molecule has 4 aromatic rings. The van der Waals surface area contributed by atoms with Gasteiger partial charge in [-0.05, 0) is 41.5 Å². The van der Waals surface area contributed by atoms with E-state index in [0.29, 0.717) is 30.8 Å². The number of rotatable bonds is 6. The van der Waals surface area contributed by atoms with Crippen molar-refractivity contribution >= 4 is 22.6 Å². The van der Waals surface area contributed by atoms with E-state index in [4.69, 9.17) is 0 Å². The molecule has 35 heavy (non-hydrogen) atoms. The average Bonchev–Trinajstić information content (AvgIpc) is 3.36. The van der Waals surface area contributed by atoms with Crippen molar-refractivity contribution in [3.63, 3.8) is 0 Å². The summed E-state index contributed by atoms with van der Waals surface area (Å²) < 4.78 is 16.9. The molecular formula is C29H28FN3O2. The van der Waals surface area contributed by atoms with Crippen LogP contribution in [0.4, 0.5) is 4.39 Å². The summed E-state index contributed by atoms with van der Waals surface area (Å²) >= 11 is 0. The number of hydrogen-bond donors (Lipinski definition) is 0. The number of aromatic nitrogens is 1. The monoisotopic (exact) mass is 469 g/mol. The van der Waals surface area contributed by atoms with Crippen molar-refractivity contribution in [2.75, 3.05) is 19.6 Å². The molecule has 5 rings (SSSR count). The number of fused-ring (bicyclic) bond motifs is 2. The number of hydrogen-bond acceptors (Lipinski definition) is 2. The number of amides is 2. The molecule has 1 atom stereocenters. The van der Waals surface area contributed by atoms with E-state index in [2.05, 4.69) is 4.57 Å². The van der Waals surface area contributed by atoms with Crippen LogP contribution in [0.3, 0.4) is 0 Å². The van der Waals surface area contributed by atoms with Gasteiger partial charge in [-0.3, -0.25) is 9.59 Å². The molecule has 1 unspecified atom stereocenters. The first-order valence-electron chi connectivity index (χ1n) is 12.0. The van der Waals surface area contributed by atoms with Crippen LogP contribution in [0.2, 0.25) is 0 Å². The van der Waals surface area contributed by atoms with E-state index >= 15 is 0 Å². The molecule has 1 aromatic heterocycles. The van der Waals surface area contributed by atoms with Gasteiger partial charge in [0.25, 0.3) is 5.91 Å². The third-order valence-electron chi connectivity index (χ3n) is 6.69. The molecule has 5 nitrogen and oxygen atoms in total. The van der Waals surface area contributed by atoms with E-state index in [1.165, 1.54) is 6.07 Å². The smallest absolute Gasteiger partial charge is 0.254 e. The standard InChI is InChI=1S/C29H28FN3O2/c1-2-16-32(29(35)23-13-7-10-21-9-3-4-11-22(21)23)20-27(34)33-19-18-31-17-8-15-26(31)28(33)24-12-5-6-14-25(24)30/h3-15,17,28H,2,16,18-20H2,1H3. The van der Waals surface area contributed by atoms with E-state index in [1.807, 2.05) is 67.7 Å². The Morgan fingerprint density at radius 3 is 2.54 bits per heavy atom. The van der Waals surface area contributed by atoms with Gasteiger partial charge in [0.2, 0.25) is 5.91 Å². The molecule has 0 bridgehead atoms. The highest BCUT2D eigenvalue weighted by atomic mass is 19.1. The Bertz CT molecular complexity index is 1370. The van der Waals surface area contributed by atoms with Gasteiger partial charge >= 0.3 is 0 Å². The van der Waals surface area contributed by atoms with Crippen molar-refractivity contribution in [3.05, 3.63) is 108 Å². The minimum atomic E-state index is -0.538. The van der Waals surface area contributed by atoms with Crippen LogP contribution >= 0.6 is 0 Å². The fraction of sp³-hybridized carbons (Fsp3) is 0.241. The fourth-order valence-electron chi connectivity index (χ4n) is 5.03. The number of carbonyl (C=O) groups is 2. The molecule has 0 saturated heterocycles. The minimum Gasteiger partial charge on any atom is -0.348 e. The maximum Gasteiger partial charge on any atom is 0.254 e. The second kappa shape index (κ2) is 9.74. The molecule has 0 spiro atoms. The highest BCUT2D eigenvalue weighted by Gasteiger charge is 2.34.